The highest BCUT2D eigenvalue weighted by Gasteiger charge is 2.36. The summed E-state index contributed by atoms with van der Waals surface area (Å²) in [7, 11) is 0. The van der Waals surface area contributed by atoms with Crippen molar-refractivity contribution in [3.8, 4) is 0 Å². The van der Waals surface area contributed by atoms with Crippen molar-refractivity contribution in [1.82, 2.24) is 0 Å². The van der Waals surface area contributed by atoms with Crippen molar-refractivity contribution >= 4 is 11.7 Å². The maximum absolute atomic E-state index is 11.4. The summed E-state index contributed by atoms with van der Waals surface area (Å²) in [6.07, 6.45) is 6.30. The number of rotatable bonds is 2. The van der Waals surface area contributed by atoms with Crippen molar-refractivity contribution in [3.05, 3.63) is 29.8 Å². The van der Waals surface area contributed by atoms with Crippen LogP contribution in [0.5, 0.6) is 0 Å². The minimum Gasteiger partial charge on any atom is -0.481 e. The first-order chi connectivity index (χ1) is 8.77. The molecule has 96 valence electrons. The Morgan fingerprint density at radius 2 is 1.89 bits per heavy atom. The van der Waals surface area contributed by atoms with Gasteiger partial charge in [-0.25, -0.2) is 0 Å². The van der Waals surface area contributed by atoms with Crippen LogP contribution in [-0.4, -0.2) is 23.7 Å². The van der Waals surface area contributed by atoms with E-state index in [4.69, 9.17) is 0 Å². The Morgan fingerprint density at radius 3 is 2.61 bits per heavy atom. The van der Waals surface area contributed by atoms with Gasteiger partial charge in [0.05, 0.1) is 0 Å². The van der Waals surface area contributed by atoms with E-state index < -0.39 is 5.97 Å². The number of fused-ring (bicyclic) bond motifs is 1. The van der Waals surface area contributed by atoms with Gasteiger partial charge in [0.2, 0.25) is 0 Å². The first-order valence-corrected chi connectivity index (χ1v) is 6.86. The van der Waals surface area contributed by atoms with E-state index in [2.05, 4.69) is 11.0 Å². The van der Waals surface area contributed by atoms with E-state index >= 15 is 0 Å². The van der Waals surface area contributed by atoms with E-state index in [1.807, 2.05) is 18.2 Å². The number of carboxylic acids is 1. The van der Waals surface area contributed by atoms with Crippen LogP contribution >= 0.6 is 0 Å². The number of aliphatic carboxylic acids is 1. The van der Waals surface area contributed by atoms with Gasteiger partial charge in [0.25, 0.3) is 0 Å². The second-order valence-electron chi connectivity index (χ2n) is 5.39. The van der Waals surface area contributed by atoms with Crippen LogP contribution in [0.15, 0.2) is 24.3 Å². The second-order valence-corrected chi connectivity index (χ2v) is 5.39. The van der Waals surface area contributed by atoms with Crippen molar-refractivity contribution in [2.45, 2.75) is 44.1 Å². The van der Waals surface area contributed by atoms with E-state index in [1.165, 1.54) is 32.1 Å². The molecule has 0 spiro atoms. The van der Waals surface area contributed by atoms with Crippen LogP contribution in [0, 0.1) is 0 Å². The highest BCUT2D eigenvalue weighted by molar-refractivity contribution is 5.83. The largest absolute Gasteiger partial charge is 0.481 e. The zero-order valence-electron chi connectivity index (χ0n) is 10.5. The lowest BCUT2D eigenvalue weighted by Crippen LogP contribution is -2.36. The van der Waals surface area contributed by atoms with Crippen molar-refractivity contribution in [3.63, 3.8) is 0 Å². The lowest BCUT2D eigenvalue weighted by atomic mass is 9.94. The van der Waals surface area contributed by atoms with E-state index in [0.717, 1.165) is 11.3 Å². The van der Waals surface area contributed by atoms with Gasteiger partial charge >= 0.3 is 5.97 Å². The number of carbonyl (C=O) groups is 1. The van der Waals surface area contributed by atoms with Gasteiger partial charge in [-0.2, -0.15) is 0 Å². The van der Waals surface area contributed by atoms with Crippen LogP contribution in [0.25, 0.3) is 0 Å². The SMILES string of the molecule is O=C(O)C1CN(C2CCCCC2)c2ccccc21. The molecule has 1 aromatic carbocycles. The molecule has 1 heterocycles. The molecule has 3 nitrogen and oxygen atoms in total. The second kappa shape index (κ2) is 4.63. The molecule has 1 unspecified atom stereocenters. The molecule has 0 saturated heterocycles. The normalized spacial score (nSPS) is 24.0. The molecule has 1 aliphatic carbocycles. The summed E-state index contributed by atoms with van der Waals surface area (Å²) in [5.74, 6) is -1.04. The number of hydrogen-bond acceptors (Lipinski definition) is 2. The highest BCUT2D eigenvalue weighted by Crippen LogP contribution is 2.40. The molecule has 3 heteroatoms. The molecule has 0 radical (unpaired) electrons. The van der Waals surface area contributed by atoms with Gasteiger partial charge in [-0.15, -0.1) is 0 Å². The Balaban J connectivity index is 1.91. The third kappa shape index (κ3) is 1.88. The molecule has 1 aromatic rings. The average Bonchev–Trinajstić information content (AvgIpc) is 2.79. The van der Waals surface area contributed by atoms with Gasteiger partial charge in [-0.05, 0) is 24.5 Å². The van der Waals surface area contributed by atoms with Crippen LogP contribution in [-0.2, 0) is 4.79 Å². The molecule has 3 rings (SSSR count). The Bertz CT molecular complexity index is 452. The van der Waals surface area contributed by atoms with Crippen molar-refractivity contribution in [2.75, 3.05) is 11.4 Å². The van der Waals surface area contributed by atoms with E-state index in [9.17, 15) is 9.90 Å². The molecule has 18 heavy (non-hydrogen) atoms. The minimum atomic E-state index is -0.694. The molecule has 1 fully saturated rings. The molecule has 0 amide bonds. The summed E-state index contributed by atoms with van der Waals surface area (Å²) in [6, 6.07) is 8.55. The quantitative estimate of drug-likeness (QED) is 0.870. The van der Waals surface area contributed by atoms with Gasteiger partial charge in [0.15, 0.2) is 0 Å². The summed E-state index contributed by atoms with van der Waals surface area (Å²) in [6.45, 7) is 0.652. The van der Waals surface area contributed by atoms with Crippen molar-refractivity contribution < 1.29 is 9.90 Å². The standard InChI is InChI=1S/C15H19NO2/c17-15(18)13-10-16(11-6-2-1-3-7-11)14-9-5-4-8-12(13)14/h4-5,8-9,11,13H,1-3,6-7,10H2,(H,17,18). The fourth-order valence-corrected chi connectivity index (χ4v) is 3.39. The zero-order chi connectivity index (χ0) is 12.5. The molecule has 0 bridgehead atoms. The predicted octanol–water partition coefficient (Wildman–Crippen LogP) is 3.01. The number of anilines is 1. The first-order valence-electron chi connectivity index (χ1n) is 6.86. The fourth-order valence-electron chi connectivity index (χ4n) is 3.39. The summed E-state index contributed by atoms with van der Waals surface area (Å²) in [5, 5.41) is 9.35. The molecule has 2 aliphatic rings. The van der Waals surface area contributed by atoms with Crippen molar-refractivity contribution in [2.24, 2.45) is 0 Å². The van der Waals surface area contributed by atoms with Crippen LogP contribution in [0.1, 0.15) is 43.6 Å². The number of hydrogen-bond donors (Lipinski definition) is 1. The van der Waals surface area contributed by atoms with Gasteiger partial charge in [0.1, 0.15) is 5.92 Å². The maximum Gasteiger partial charge on any atom is 0.312 e. The van der Waals surface area contributed by atoms with Crippen LogP contribution < -0.4 is 4.90 Å². The average molecular weight is 245 g/mol. The Morgan fingerprint density at radius 1 is 1.17 bits per heavy atom. The van der Waals surface area contributed by atoms with Crippen LogP contribution in [0.4, 0.5) is 5.69 Å². The number of benzene rings is 1. The Hall–Kier alpha value is -1.51. The summed E-state index contributed by atoms with van der Waals surface area (Å²) >= 11 is 0. The summed E-state index contributed by atoms with van der Waals surface area (Å²) in [5.41, 5.74) is 2.15. The fraction of sp³-hybridized carbons (Fsp3) is 0.533. The van der Waals surface area contributed by atoms with Gasteiger partial charge in [0, 0.05) is 18.3 Å². The number of para-hydroxylation sites is 1. The predicted molar refractivity (Wildman–Crippen MR) is 71.0 cm³/mol. The summed E-state index contributed by atoms with van der Waals surface area (Å²) < 4.78 is 0. The van der Waals surface area contributed by atoms with E-state index in [0.29, 0.717) is 12.6 Å². The van der Waals surface area contributed by atoms with Crippen molar-refractivity contribution in [1.29, 1.82) is 0 Å². The minimum absolute atomic E-state index is 0.344. The Labute approximate surface area is 107 Å². The smallest absolute Gasteiger partial charge is 0.312 e. The maximum atomic E-state index is 11.4. The van der Waals surface area contributed by atoms with Gasteiger partial charge < -0.3 is 10.0 Å². The Kier molecular flexibility index (Phi) is 2.98. The van der Waals surface area contributed by atoms with Gasteiger partial charge in [-0.1, -0.05) is 37.5 Å². The number of carboxylic acid groups (broad SMARTS) is 1. The highest BCUT2D eigenvalue weighted by atomic mass is 16.4. The molecule has 1 aliphatic heterocycles. The molecule has 0 aromatic heterocycles. The number of nitrogens with zero attached hydrogens (tertiary/aromatic N) is 1. The molecular formula is C15H19NO2. The van der Waals surface area contributed by atoms with Crippen LogP contribution in [0.2, 0.25) is 0 Å². The molecule has 1 N–H and O–H groups in total. The first kappa shape index (κ1) is 11.6. The third-order valence-electron chi connectivity index (χ3n) is 4.31. The summed E-state index contributed by atoms with van der Waals surface area (Å²) in [4.78, 5) is 13.7. The lowest BCUT2D eigenvalue weighted by molar-refractivity contribution is -0.138. The zero-order valence-corrected chi connectivity index (χ0v) is 10.5. The molecular weight excluding hydrogens is 226 g/mol. The lowest BCUT2D eigenvalue weighted by Gasteiger charge is -2.33. The van der Waals surface area contributed by atoms with E-state index in [-0.39, 0.29) is 5.92 Å². The molecule has 1 saturated carbocycles. The monoisotopic (exact) mass is 245 g/mol. The van der Waals surface area contributed by atoms with Gasteiger partial charge in [-0.3, -0.25) is 4.79 Å². The van der Waals surface area contributed by atoms with E-state index in [1.54, 1.807) is 0 Å². The van der Waals surface area contributed by atoms with Crippen LogP contribution in [0.3, 0.4) is 0 Å². The molecule has 1 atom stereocenters. The topological polar surface area (TPSA) is 40.5 Å². The third-order valence-corrected chi connectivity index (χ3v) is 4.31.